The summed E-state index contributed by atoms with van der Waals surface area (Å²) >= 11 is 0. The molecular formula is C7H9N3O3. The van der Waals surface area contributed by atoms with Crippen LogP contribution in [0, 0.1) is 0 Å². The molecule has 0 aliphatic heterocycles. The van der Waals surface area contributed by atoms with Gasteiger partial charge in [0.05, 0.1) is 0 Å². The number of anilines is 1. The van der Waals surface area contributed by atoms with Gasteiger partial charge in [0.2, 0.25) is 5.95 Å². The summed E-state index contributed by atoms with van der Waals surface area (Å²) in [5.41, 5.74) is -0.113. The Morgan fingerprint density at radius 1 is 1.69 bits per heavy atom. The number of carboxylic acid groups (broad SMARTS) is 1. The quantitative estimate of drug-likeness (QED) is 0.567. The lowest BCUT2D eigenvalue weighted by Crippen LogP contribution is -2.16. The van der Waals surface area contributed by atoms with Gasteiger partial charge in [-0.3, -0.25) is 0 Å². The van der Waals surface area contributed by atoms with E-state index in [2.05, 4.69) is 15.3 Å². The highest BCUT2D eigenvalue weighted by Crippen LogP contribution is 2.00. The molecule has 70 valence electrons. The Bertz CT molecular complexity index is 314. The molecule has 0 amide bonds. The van der Waals surface area contributed by atoms with E-state index in [9.17, 15) is 4.79 Å². The molecule has 0 aliphatic rings. The van der Waals surface area contributed by atoms with Gasteiger partial charge in [0.25, 0.3) is 0 Å². The third-order valence-corrected chi connectivity index (χ3v) is 1.21. The highest BCUT2D eigenvalue weighted by molar-refractivity contribution is 5.85. The third kappa shape index (κ3) is 2.68. The number of nitrogens with one attached hydrogen (secondary N) is 1. The van der Waals surface area contributed by atoms with Gasteiger partial charge in [-0.2, -0.15) is 0 Å². The summed E-state index contributed by atoms with van der Waals surface area (Å²) in [6.07, 6.45) is 0.491. The molecule has 0 aromatic carbocycles. The van der Waals surface area contributed by atoms with Gasteiger partial charge in [0.1, 0.15) is 6.23 Å². The molecule has 0 spiro atoms. The van der Waals surface area contributed by atoms with E-state index in [1.165, 1.54) is 19.2 Å². The van der Waals surface area contributed by atoms with E-state index in [0.717, 1.165) is 0 Å². The van der Waals surface area contributed by atoms with E-state index in [1.54, 1.807) is 0 Å². The zero-order chi connectivity index (χ0) is 9.84. The lowest BCUT2D eigenvalue weighted by Gasteiger charge is -2.06. The van der Waals surface area contributed by atoms with Crippen molar-refractivity contribution < 1.29 is 15.0 Å². The zero-order valence-electron chi connectivity index (χ0n) is 6.93. The number of hydrogen-bond acceptors (Lipinski definition) is 5. The predicted molar refractivity (Wildman–Crippen MR) is 44.3 cm³/mol. The van der Waals surface area contributed by atoms with Crippen LogP contribution in [0.1, 0.15) is 17.4 Å². The Morgan fingerprint density at radius 2 is 2.38 bits per heavy atom. The number of carbonyl (C=O) groups is 1. The fraction of sp³-hybridized carbons (Fsp3) is 0.286. The van der Waals surface area contributed by atoms with Crippen LogP contribution in [0.5, 0.6) is 0 Å². The topological polar surface area (TPSA) is 95.3 Å². The van der Waals surface area contributed by atoms with Crippen LogP contribution in [-0.2, 0) is 0 Å². The Labute approximate surface area is 74.3 Å². The van der Waals surface area contributed by atoms with Gasteiger partial charge in [-0.15, -0.1) is 0 Å². The molecule has 3 N–H and O–H groups in total. The first-order chi connectivity index (χ1) is 6.09. The van der Waals surface area contributed by atoms with Gasteiger partial charge in [-0.05, 0) is 13.0 Å². The molecule has 1 rings (SSSR count). The number of nitrogens with zero attached hydrogens (tertiary/aromatic N) is 2. The molecule has 0 fully saturated rings. The van der Waals surface area contributed by atoms with E-state index in [1.807, 2.05) is 0 Å². The van der Waals surface area contributed by atoms with Crippen LogP contribution in [0.25, 0.3) is 0 Å². The molecule has 1 atom stereocenters. The second-order valence-electron chi connectivity index (χ2n) is 2.39. The second-order valence-corrected chi connectivity index (χ2v) is 2.39. The maximum atomic E-state index is 10.5. The number of rotatable bonds is 3. The molecule has 6 nitrogen and oxygen atoms in total. The van der Waals surface area contributed by atoms with Gasteiger partial charge < -0.3 is 15.5 Å². The summed E-state index contributed by atoms with van der Waals surface area (Å²) in [5, 5.41) is 19.9. The van der Waals surface area contributed by atoms with Crippen LogP contribution in [0.4, 0.5) is 5.95 Å². The van der Waals surface area contributed by atoms with E-state index >= 15 is 0 Å². The number of hydrogen-bond donors (Lipinski definition) is 3. The van der Waals surface area contributed by atoms with Crippen molar-refractivity contribution in [3.8, 4) is 0 Å². The van der Waals surface area contributed by atoms with Gasteiger partial charge in [-0.1, -0.05) is 0 Å². The van der Waals surface area contributed by atoms with Crippen molar-refractivity contribution in [2.45, 2.75) is 13.2 Å². The van der Waals surface area contributed by atoms with Gasteiger partial charge in [0, 0.05) is 6.20 Å². The third-order valence-electron chi connectivity index (χ3n) is 1.21. The van der Waals surface area contributed by atoms with Crippen molar-refractivity contribution in [3.05, 3.63) is 18.0 Å². The van der Waals surface area contributed by atoms with Crippen molar-refractivity contribution >= 4 is 11.9 Å². The molecular weight excluding hydrogens is 174 g/mol. The summed E-state index contributed by atoms with van der Waals surface area (Å²) in [6, 6.07) is 1.27. The highest BCUT2D eigenvalue weighted by Gasteiger charge is 2.06. The van der Waals surface area contributed by atoms with Crippen LogP contribution in [0.15, 0.2) is 12.3 Å². The van der Waals surface area contributed by atoms with Crippen molar-refractivity contribution in [2.75, 3.05) is 5.32 Å². The Hall–Kier alpha value is -1.69. The molecule has 0 saturated carbocycles. The minimum atomic E-state index is -1.13. The van der Waals surface area contributed by atoms with Gasteiger partial charge in [-0.25, -0.2) is 14.8 Å². The van der Waals surface area contributed by atoms with Gasteiger partial charge >= 0.3 is 5.97 Å². The van der Waals surface area contributed by atoms with Crippen molar-refractivity contribution in [1.82, 2.24) is 9.97 Å². The number of carboxylic acids is 1. The van der Waals surface area contributed by atoms with E-state index < -0.39 is 12.2 Å². The standard InChI is InChI=1S/C7H9N3O3/c1-4(11)9-7-8-3-2-5(10-7)6(12)13/h2-4,11H,1H3,(H,12,13)(H,8,9,10). The summed E-state index contributed by atoms with van der Waals surface area (Å²) in [5.74, 6) is -1.04. The lowest BCUT2D eigenvalue weighted by atomic mass is 10.4. The molecule has 0 saturated heterocycles. The van der Waals surface area contributed by atoms with Crippen molar-refractivity contribution in [2.24, 2.45) is 0 Å². The van der Waals surface area contributed by atoms with E-state index in [0.29, 0.717) is 0 Å². The number of aliphatic hydroxyl groups is 1. The zero-order valence-corrected chi connectivity index (χ0v) is 6.93. The van der Waals surface area contributed by atoms with E-state index in [4.69, 9.17) is 10.2 Å². The summed E-state index contributed by atoms with van der Waals surface area (Å²) in [6.45, 7) is 1.48. The molecule has 1 heterocycles. The SMILES string of the molecule is CC(O)Nc1nccc(C(=O)O)n1. The number of aromatic nitrogens is 2. The lowest BCUT2D eigenvalue weighted by molar-refractivity contribution is 0.0690. The molecule has 1 unspecified atom stereocenters. The van der Waals surface area contributed by atoms with Crippen LogP contribution in [-0.4, -0.2) is 32.4 Å². The smallest absolute Gasteiger partial charge is 0.354 e. The maximum absolute atomic E-state index is 10.5. The first-order valence-electron chi connectivity index (χ1n) is 3.60. The monoisotopic (exact) mass is 183 g/mol. The number of aromatic carboxylic acids is 1. The van der Waals surface area contributed by atoms with Crippen LogP contribution in [0.2, 0.25) is 0 Å². The van der Waals surface area contributed by atoms with Crippen molar-refractivity contribution in [1.29, 1.82) is 0 Å². The Kier molecular flexibility index (Phi) is 2.76. The van der Waals surface area contributed by atoms with Gasteiger partial charge in [0.15, 0.2) is 5.69 Å². The molecule has 0 aliphatic carbocycles. The average molecular weight is 183 g/mol. The molecule has 1 aromatic rings. The normalized spacial score (nSPS) is 12.2. The van der Waals surface area contributed by atoms with Crippen LogP contribution in [0.3, 0.4) is 0 Å². The van der Waals surface area contributed by atoms with Crippen LogP contribution >= 0.6 is 0 Å². The molecule has 0 bridgehead atoms. The maximum Gasteiger partial charge on any atom is 0.354 e. The van der Waals surface area contributed by atoms with E-state index in [-0.39, 0.29) is 11.6 Å². The largest absolute Gasteiger partial charge is 0.477 e. The second kappa shape index (κ2) is 3.81. The first kappa shape index (κ1) is 9.40. The average Bonchev–Trinajstić information content (AvgIpc) is 2.03. The summed E-state index contributed by atoms with van der Waals surface area (Å²) in [4.78, 5) is 17.8. The highest BCUT2D eigenvalue weighted by atomic mass is 16.4. The molecule has 6 heteroatoms. The van der Waals surface area contributed by atoms with Crippen molar-refractivity contribution in [3.63, 3.8) is 0 Å². The molecule has 13 heavy (non-hydrogen) atoms. The minimum Gasteiger partial charge on any atom is -0.477 e. The minimum absolute atomic E-state index is 0.0925. The fourth-order valence-corrected chi connectivity index (χ4v) is 0.734. The predicted octanol–water partition coefficient (Wildman–Crippen LogP) is -0.0750. The Balaban J connectivity index is 2.85. The Morgan fingerprint density at radius 3 is 2.92 bits per heavy atom. The molecule has 1 aromatic heterocycles. The number of aliphatic hydroxyl groups excluding tert-OH is 1. The fourth-order valence-electron chi connectivity index (χ4n) is 0.734. The summed E-state index contributed by atoms with van der Waals surface area (Å²) in [7, 11) is 0. The summed E-state index contributed by atoms with van der Waals surface area (Å²) < 4.78 is 0. The van der Waals surface area contributed by atoms with Crippen LogP contribution < -0.4 is 5.32 Å². The molecule has 0 radical (unpaired) electrons. The first-order valence-corrected chi connectivity index (χ1v) is 3.60.